The zero-order valence-corrected chi connectivity index (χ0v) is 9.80. The Kier molecular flexibility index (Phi) is 2.65. The average Bonchev–Trinajstić information content (AvgIpc) is 2.76. The second-order valence-corrected chi connectivity index (χ2v) is 5.34. The van der Waals surface area contributed by atoms with Gasteiger partial charge in [-0.3, -0.25) is 0 Å². The zero-order valence-electron chi connectivity index (χ0n) is 9.05. The molecule has 0 radical (unpaired) electrons. The van der Waals surface area contributed by atoms with Gasteiger partial charge in [0.1, 0.15) is 5.75 Å². The summed E-state index contributed by atoms with van der Waals surface area (Å²) in [5.41, 5.74) is 1.28. The number of nitrogens with one attached hydrogen (secondary N) is 1. The predicted molar refractivity (Wildman–Crippen MR) is 62.1 cm³/mol. The molecule has 15 heavy (non-hydrogen) atoms. The van der Waals surface area contributed by atoms with Gasteiger partial charge in [0.25, 0.3) is 0 Å². The highest BCUT2D eigenvalue weighted by Gasteiger charge is 2.45. The van der Waals surface area contributed by atoms with E-state index in [2.05, 4.69) is 19.2 Å². The first-order chi connectivity index (χ1) is 6.99. The summed E-state index contributed by atoms with van der Waals surface area (Å²) in [6.07, 6.45) is 1.20. The fraction of sp³-hybridized carbons (Fsp3) is 0.500. The summed E-state index contributed by atoms with van der Waals surface area (Å²) in [7, 11) is 0. The summed E-state index contributed by atoms with van der Waals surface area (Å²) >= 11 is 5.86. The Morgan fingerprint density at radius 3 is 2.80 bits per heavy atom. The third-order valence-electron chi connectivity index (χ3n) is 3.09. The highest BCUT2D eigenvalue weighted by molar-refractivity contribution is 6.30. The van der Waals surface area contributed by atoms with E-state index in [0.29, 0.717) is 28.8 Å². The molecular formula is C12H16ClNO. The topological polar surface area (TPSA) is 32.3 Å². The third-order valence-corrected chi connectivity index (χ3v) is 3.33. The van der Waals surface area contributed by atoms with Gasteiger partial charge in [-0.05, 0) is 30.0 Å². The molecule has 0 amide bonds. The fourth-order valence-electron chi connectivity index (χ4n) is 1.74. The van der Waals surface area contributed by atoms with E-state index in [0.717, 1.165) is 5.56 Å². The van der Waals surface area contributed by atoms with Crippen molar-refractivity contribution in [2.24, 2.45) is 5.41 Å². The largest absolute Gasteiger partial charge is 0.508 e. The number of halogens is 1. The van der Waals surface area contributed by atoms with Crippen molar-refractivity contribution in [1.29, 1.82) is 0 Å². The minimum absolute atomic E-state index is 0.311. The van der Waals surface area contributed by atoms with Crippen molar-refractivity contribution >= 4 is 11.6 Å². The van der Waals surface area contributed by atoms with E-state index in [4.69, 9.17) is 11.6 Å². The van der Waals surface area contributed by atoms with Crippen LogP contribution in [0.1, 0.15) is 25.8 Å². The van der Waals surface area contributed by atoms with Crippen molar-refractivity contribution in [3.63, 3.8) is 0 Å². The van der Waals surface area contributed by atoms with Gasteiger partial charge in [-0.15, -0.1) is 0 Å². The number of hydrogen-bond acceptors (Lipinski definition) is 2. The second kappa shape index (κ2) is 3.69. The third kappa shape index (κ3) is 2.44. The van der Waals surface area contributed by atoms with Crippen LogP contribution in [0.2, 0.25) is 5.02 Å². The van der Waals surface area contributed by atoms with Gasteiger partial charge in [-0.1, -0.05) is 25.4 Å². The molecule has 0 heterocycles. The lowest BCUT2D eigenvalue weighted by molar-refractivity contribution is 0.460. The Balaban J connectivity index is 1.96. The van der Waals surface area contributed by atoms with Gasteiger partial charge in [-0.2, -0.15) is 0 Å². The van der Waals surface area contributed by atoms with Crippen molar-refractivity contribution in [2.45, 2.75) is 32.9 Å². The van der Waals surface area contributed by atoms with Crippen LogP contribution in [0.25, 0.3) is 0 Å². The van der Waals surface area contributed by atoms with Crippen molar-refractivity contribution in [1.82, 2.24) is 5.32 Å². The molecule has 2 rings (SSSR count). The maximum absolute atomic E-state index is 9.60. The number of benzene rings is 1. The molecule has 1 unspecified atom stereocenters. The van der Waals surface area contributed by atoms with Crippen molar-refractivity contribution in [3.05, 3.63) is 28.8 Å². The molecule has 2 nitrogen and oxygen atoms in total. The van der Waals surface area contributed by atoms with Crippen molar-refractivity contribution in [3.8, 4) is 5.75 Å². The van der Waals surface area contributed by atoms with Gasteiger partial charge in [0.05, 0.1) is 0 Å². The fourth-order valence-corrected chi connectivity index (χ4v) is 1.94. The highest BCUT2D eigenvalue weighted by Crippen LogP contribution is 2.44. The zero-order chi connectivity index (χ0) is 11.1. The summed E-state index contributed by atoms with van der Waals surface area (Å²) in [4.78, 5) is 0. The van der Waals surface area contributed by atoms with Crippen LogP contribution in [0, 0.1) is 5.41 Å². The van der Waals surface area contributed by atoms with E-state index in [1.807, 2.05) is 0 Å². The molecule has 0 aliphatic heterocycles. The number of hydrogen-bond donors (Lipinski definition) is 2. The van der Waals surface area contributed by atoms with Gasteiger partial charge >= 0.3 is 0 Å². The minimum Gasteiger partial charge on any atom is -0.508 e. The molecule has 1 saturated carbocycles. The van der Waals surface area contributed by atoms with Crippen LogP contribution >= 0.6 is 11.6 Å². The van der Waals surface area contributed by atoms with Gasteiger partial charge in [0.15, 0.2) is 0 Å². The van der Waals surface area contributed by atoms with Crippen LogP contribution < -0.4 is 5.32 Å². The molecule has 0 bridgehead atoms. The molecule has 0 saturated heterocycles. The maximum Gasteiger partial charge on any atom is 0.120 e. The molecule has 82 valence electrons. The van der Waals surface area contributed by atoms with Crippen LogP contribution in [0.3, 0.4) is 0 Å². The van der Waals surface area contributed by atoms with Crippen molar-refractivity contribution < 1.29 is 5.11 Å². The Labute approximate surface area is 95.3 Å². The molecule has 1 aromatic carbocycles. The minimum atomic E-state index is 0.311. The molecule has 1 aromatic rings. The van der Waals surface area contributed by atoms with Crippen LogP contribution in [0.15, 0.2) is 18.2 Å². The molecule has 1 fully saturated rings. The predicted octanol–water partition coefficient (Wildman–Crippen LogP) is 2.93. The van der Waals surface area contributed by atoms with Crippen LogP contribution in [0.5, 0.6) is 5.75 Å². The lowest BCUT2D eigenvalue weighted by Crippen LogP contribution is -2.19. The van der Waals surface area contributed by atoms with Gasteiger partial charge in [-0.25, -0.2) is 0 Å². The number of phenols is 1. The number of phenolic OH excluding ortho intramolecular Hbond substituents is 1. The molecule has 1 atom stereocenters. The smallest absolute Gasteiger partial charge is 0.120 e. The molecule has 0 spiro atoms. The van der Waals surface area contributed by atoms with Crippen molar-refractivity contribution in [2.75, 3.05) is 0 Å². The SMILES string of the molecule is CC1(C)CC1NCc1cc(Cl)ccc1O. The molecule has 2 N–H and O–H groups in total. The van der Waals surface area contributed by atoms with Gasteiger partial charge in [0.2, 0.25) is 0 Å². The summed E-state index contributed by atoms with van der Waals surface area (Å²) in [5, 5.41) is 13.7. The Morgan fingerprint density at radius 2 is 2.20 bits per heavy atom. The Hall–Kier alpha value is -0.730. The quantitative estimate of drug-likeness (QED) is 0.829. The van der Waals surface area contributed by atoms with Crippen LogP contribution in [-0.4, -0.2) is 11.1 Å². The van der Waals surface area contributed by atoms with E-state index < -0.39 is 0 Å². The molecule has 1 aliphatic rings. The van der Waals surface area contributed by atoms with E-state index in [-0.39, 0.29) is 0 Å². The summed E-state index contributed by atoms with van der Waals surface area (Å²) in [5.74, 6) is 0.311. The Bertz CT molecular complexity index is 376. The van der Waals surface area contributed by atoms with E-state index >= 15 is 0 Å². The number of aromatic hydroxyl groups is 1. The summed E-state index contributed by atoms with van der Waals surface area (Å²) < 4.78 is 0. The molecular weight excluding hydrogens is 210 g/mol. The Morgan fingerprint density at radius 1 is 1.53 bits per heavy atom. The first-order valence-electron chi connectivity index (χ1n) is 5.20. The van der Waals surface area contributed by atoms with Gasteiger partial charge in [0, 0.05) is 23.2 Å². The maximum atomic E-state index is 9.60. The van der Waals surface area contributed by atoms with Crippen LogP contribution in [0.4, 0.5) is 0 Å². The van der Waals surface area contributed by atoms with Crippen LogP contribution in [-0.2, 0) is 6.54 Å². The van der Waals surface area contributed by atoms with E-state index in [1.165, 1.54) is 6.42 Å². The normalized spacial score (nSPS) is 22.7. The monoisotopic (exact) mass is 225 g/mol. The molecule has 0 aromatic heterocycles. The van der Waals surface area contributed by atoms with E-state index in [1.54, 1.807) is 18.2 Å². The molecule has 1 aliphatic carbocycles. The summed E-state index contributed by atoms with van der Waals surface area (Å²) in [6, 6.07) is 5.70. The lowest BCUT2D eigenvalue weighted by Gasteiger charge is -2.08. The second-order valence-electron chi connectivity index (χ2n) is 4.90. The standard InChI is InChI=1S/C12H16ClNO/c1-12(2)6-11(12)14-7-8-5-9(13)3-4-10(8)15/h3-5,11,14-15H,6-7H2,1-2H3. The summed E-state index contributed by atoms with van der Waals surface area (Å²) in [6.45, 7) is 5.16. The first kappa shape index (κ1) is 10.8. The first-order valence-corrected chi connectivity index (χ1v) is 5.57. The highest BCUT2D eigenvalue weighted by atomic mass is 35.5. The number of rotatable bonds is 3. The van der Waals surface area contributed by atoms with E-state index in [9.17, 15) is 5.11 Å². The average molecular weight is 226 g/mol. The lowest BCUT2D eigenvalue weighted by atomic mass is 10.1. The molecule has 3 heteroatoms. The van der Waals surface area contributed by atoms with Gasteiger partial charge < -0.3 is 10.4 Å².